The summed E-state index contributed by atoms with van der Waals surface area (Å²) in [5.74, 6) is 1.54. The standard InChI is InChI=1S/C21H38N4O2.HI/c1-8-22-20(24-14-21(4,5)15-25(6)7)23-13-19(26)17-9-11-18(12-10-17)27-16(2)3;/h9-12,16,19,26H,8,13-15H2,1-7H3,(H2,22,23,24);1H. The Bertz CT molecular complexity index is 574. The van der Waals surface area contributed by atoms with E-state index in [-0.39, 0.29) is 35.5 Å². The van der Waals surface area contributed by atoms with E-state index in [0.717, 1.165) is 30.4 Å². The molecule has 28 heavy (non-hydrogen) atoms. The predicted molar refractivity (Wildman–Crippen MR) is 129 cm³/mol. The van der Waals surface area contributed by atoms with Crippen LogP contribution in [0.1, 0.15) is 46.3 Å². The highest BCUT2D eigenvalue weighted by atomic mass is 127. The molecule has 0 aromatic heterocycles. The number of aliphatic hydroxyl groups excluding tert-OH is 1. The van der Waals surface area contributed by atoms with E-state index in [1.807, 2.05) is 45.0 Å². The number of nitrogens with one attached hydrogen (secondary N) is 2. The number of hydrogen-bond acceptors (Lipinski definition) is 4. The minimum absolute atomic E-state index is 0. The summed E-state index contributed by atoms with van der Waals surface area (Å²) in [6.07, 6.45) is -0.477. The van der Waals surface area contributed by atoms with Gasteiger partial charge in [-0.05, 0) is 58.0 Å². The van der Waals surface area contributed by atoms with Crippen molar-refractivity contribution in [2.24, 2.45) is 10.4 Å². The van der Waals surface area contributed by atoms with Crippen LogP contribution in [-0.4, -0.2) is 62.3 Å². The van der Waals surface area contributed by atoms with Gasteiger partial charge >= 0.3 is 0 Å². The molecule has 0 aliphatic heterocycles. The maximum Gasteiger partial charge on any atom is 0.191 e. The molecule has 1 aromatic carbocycles. The van der Waals surface area contributed by atoms with Crippen molar-refractivity contribution >= 4 is 29.9 Å². The summed E-state index contributed by atoms with van der Waals surface area (Å²) in [5, 5.41) is 16.9. The van der Waals surface area contributed by atoms with Gasteiger partial charge in [-0.1, -0.05) is 26.0 Å². The molecule has 1 rings (SSSR count). The van der Waals surface area contributed by atoms with Crippen molar-refractivity contribution in [3.05, 3.63) is 29.8 Å². The van der Waals surface area contributed by atoms with Crippen LogP contribution in [0.2, 0.25) is 0 Å². The summed E-state index contributed by atoms with van der Waals surface area (Å²) in [7, 11) is 4.14. The largest absolute Gasteiger partial charge is 0.491 e. The molecule has 0 fully saturated rings. The number of halogens is 1. The Kier molecular flexibility index (Phi) is 12.7. The molecule has 0 bridgehead atoms. The first-order valence-electron chi connectivity index (χ1n) is 9.74. The maximum atomic E-state index is 10.5. The van der Waals surface area contributed by atoms with E-state index in [2.05, 4.69) is 48.5 Å². The van der Waals surface area contributed by atoms with Crippen LogP contribution in [0.5, 0.6) is 5.75 Å². The molecule has 0 saturated carbocycles. The fourth-order valence-corrected chi connectivity index (χ4v) is 2.89. The van der Waals surface area contributed by atoms with Gasteiger partial charge < -0.3 is 25.4 Å². The summed E-state index contributed by atoms with van der Waals surface area (Å²) in [6, 6.07) is 7.58. The summed E-state index contributed by atoms with van der Waals surface area (Å²) in [4.78, 5) is 6.86. The average molecular weight is 506 g/mol. The molecule has 0 amide bonds. The Balaban J connectivity index is 0.00000729. The molecule has 1 unspecified atom stereocenters. The van der Waals surface area contributed by atoms with Gasteiger partial charge in [0.25, 0.3) is 0 Å². The van der Waals surface area contributed by atoms with Gasteiger partial charge in [0.05, 0.1) is 12.2 Å². The first-order chi connectivity index (χ1) is 12.6. The second-order valence-corrected chi connectivity index (χ2v) is 8.23. The number of ether oxygens (including phenoxy) is 1. The van der Waals surface area contributed by atoms with E-state index in [0.29, 0.717) is 13.1 Å². The molecular weight excluding hydrogens is 467 g/mol. The monoisotopic (exact) mass is 506 g/mol. The lowest BCUT2D eigenvalue weighted by atomic mass is 9.93. The minimum Gasteiger partial charge on any atom is -0.491 e. The van der Waals surface area contributed by atoms with E-state index >= 15 is 0 Å². The van der Waals surface area contributed by atoms with Gasteiger partial charge in [0, 0.05) is 26.2 Å². The number of aliphatic hydroxyl groups is 1. The maximum absolute atomic E-state index is 10.5. The predicted octanol–water partition coefficient (Wildman–Crippen LogP) is 3.27. The highest BCUT2D eigenvalue weighted by Gasteiger charge is 2.19. The van der Waals surface area contributed by atoms with Crippen LogP contribution in [0.15, 0.2) is 29.3 Å². The van der Waals surface area contributed by atoms with Crippen molar-refractivity contribution < 1.29 is 9.84 Å². The van der Waals surface area contributed by atoms with Crippen molar-refractivity contribution in [1.82, 2.24) is 15.5 Å². The lowest BCUT2D eigenvalue weighted by Crippen LogP contribution is -2.40. The zero-order valence-electron chi connectivity index (χ0n) is 18.5. The number of guanidine groups is 1. The van der Waals surface area contributed by atoms with Gasteiger partial charge in [0.15, 0.2) is 5.96 Å². The Labute approximate surface area is 188 Å². The van der Waals surface area contributed by atoms with E-state index < -0.39 is 6.10 Å². The first kappa shape index (κ1) is 26.9. The highest BCUT2D eigenvalue weighted by molar-refractivity contribution is 14.0. The van der Waals surface area contributed by atoms with Crippen molar-refractivity contribution in [3.63, 3.8) is 0 Å². The molecule has 0 saturated heterocycles. The third-order valence-electron chi connectivity index (χ3n) is 3.85. The smallest absolute Gasteiger partial charge is 0.191 e. The quantitative estimate of drug-likeness (QED) is 0.258. The first-order valence-corrected chi connectivity index (χ1v) is 9.74. The van der Waals surface area contributed by atoms with E-state index in [9.17, 15) is 5.11 Å². The zero-order valence-corrected chi connectivity index (χ0v) is 20.8. The van der Waals surface area contributed by atoms with Gasteiger partial charge in [0.2, 0.25) is 0 Å². The molecule has 0 radical (unpaired) electrons. The molecule has 7 heteroatoms. The van der Waals surface area contributed by atoms with Crippen molar-refractivity contribution in [2.45, 2.75) is 46.8 Å². The van der Waals surface area contributed by atoms with E-state index in [1.165, 1.54) is 0 Å². The van der Waals surface area contributed by atoms with Crippen LogP contribution in [0.25, 0.3) is 0 Å². The van der Waals surface area contributed by atoms with Crippen LogP contribution in [0.3, 0.4) is 0 Å². The zero-order chi connectivity index (χ0) is 20.4. The molecule has 3 N–H and O–H groups in total. The highest BCUT2D eigenvalue weighted by Crippen LogP contribution is 2.19. The molecule has 1 aromatic rings. The Morgan fingerprint density at radius 3 is 2.29 bits per heavy atom. The molecular formula is C21H39IN4O2. The Morgan fingerprint density at radius 1 is 1.18 bits per heavy atom. The molecule has 0 heterocycles. The molecule has 0 aliphatic carbocycles. The minimum atomic E-state index is -0.614. The normalized spacial score (nSPS) is 13.3. The number of aliphatic imine (C=N–C) groups is 1. The second kappa shape index (κ2) is 13.2. The van der Waals surface area contributed by atoms with Gasteiger partial charge in [-0.25, -0.2) is 0 Å². The van der Waals surface area contributed by atoms with Gasteiger partial charge in [-0.15, -0.1) is 24.0 Å². The van der Waals surface area contributed by atoms with Crippen molar-refractivity contribution in [1.29, 1.82) is 0 Å². The number of hydrogen-bond donors (Lipinski definition) is 3. The van der Waals surface area contributed by atoms with Crippen LogP contribution >= 0.6 is 24.0 Å². The van der Waals surface area contributed by atoms with E-state index in [1.54, 1.807) is 0 Å². The lowest BCUT2D eigenvalue weighted by Gasteiger charge is -2.27. The summed E-state index contributed by atoms with van der Waals surface area (Å²) >= 11 is 0. The molecule has 0 aliphatic rings. The van der Waals surface area contributed by atoms with Gasteiger partial charge in [-0.3, -0.25) is 4.99 Å². The fraction of sp³-hybridized carbons (Fsp3) is 0.667. The topological polar surface area (TPSA) is 69.1 Å². The molecule has 0 spiro atoms. The van der Waals surface area contributed by atoms with Crippen molar-refractivity contribution in [3.8, 4) is 5.75 Å². The van der Waals surface area contributed by atoms with E-state index in [4.69, 9.17) is 4.74 Å². The summed E-state index contributed by atoms with van der Waals surface area (Å²) < 4.78 is 5.64. The number of rotatable bonds is 10. The number of nitrogens with zero attached hydrogens (tertiary/aromatic N) is 2. The third-order valence-corrected chi connectivity index (χ3v) is 3.85. The lowest BCUT2D eigenvalue weighted by molar-refractivity contribution is 0.180. The SMILES string of the molecule is CCNC(=NCC(C)(C)CN(C)C)NCC(O)c1ccc(OC(C)C)cc1.I. The number of benzene rings is 1. The fourth-order valence-electron chi connectivity index (χ4n) is 2.89. The Morgan fingerprint density at radius 2 is 1.79 bits per heavy atom. The van der Waals surface area contributed by atoms with Gasteiger partial charge in [0.1, 0.15) is 5.75 Å². The second-order valence-electron chi connectivity index (χ2n) is 8.23. The molecule has 6 nitrogen and oxygen atoms in total. The van der Waals surface area contributed by atoms with Crippen LogP contribution < -0.4 is 15.4 Å². The molecule has 1 atom stereocenters. The summed E-state index contributed by atoms with van der Waals surface area (Å²) in [6.45, 7) is 13.3. The average Bonchev–Trinajstić information content (AvgIpc) is 2.56. The molecule has 162 valence electrons. The third kappa shape index (κ3) is 11.1. The van der Waals surface area contributed by atoms with Crippen LogP contribution in [0, 0.1) is 5.41 Å². The summed E-state index contributed by atoms with van der Waals surface area (Å²) in [5.41, 5.74) is 0.930. The van der Waals surface area contributed by atoms with Crippen molar-refractivity contribution in [2.75, 3.05) is 40.3 Å². The van der Waals surface area contributed by atoms with Crippen LogP contribution in [0.4, 0.5) is 0 Å². The Hall–Kier alpha value is -1.06. The van der Waals surface area contributed by atoms with Gasteiger partial charge in [-0.2, -0.15) is 0 Å². The van der Waals surface area contributed by atoms with Crippen LogP contribution in [-0.2, 0) is 0 Å².